The fraction of sp³-hybridized carbons (Fsp3) is 0.951. The highest BCUT2D eigenvalue weighted by atomic mass is 31.2. The van der Waals surface area contributed by atoms with Gasteiger partial charge in [-0.15, -0.1) is 0 Å². The Morgan fingerprint density at radius 2 is 0.480 bits per heavy atom. The van der Waals surface area contributed by atoms with Gasteiger partial charge in [-0.2, -0.15) is 0 Å². The van der Waals surface area contributed by atoms with E-state index in [0.29, 0.717) is 25.7 Å². The smallest absolute Gasteiger partial charge is 0.462 e. The number of unbranched alkanes of at least 4 members (excludes halogenated alkanes) is 48. The van der Waals surface area contributed by atoms with Crippen LogP contribution in [0.3, 0.4) is 0 Å². The SMILES string of the molecule is CCCCCCCCCCCCCCCCCCCCCC(=O)O[C@H](COC(=O)CCCCCCCCCCCCCCCCC(C)CC)COP(=O)(O)OC[C@@H](O)COP(=O)(O)OC[C@@H](COC(=O)CCCCCCC)OC(=O)CCCCCCCCCCCCCCCCC(C)CC. The number of aliphatic hydroxyl groups excluding tert-OH is 1. The van der Waals surface area contributed by atoms with Crippen LogP contribution >= 0.6 is 15.6 Å². The minimum absolute atomic E-state index is 0.107. The molecule has 4 unspecified atom stereocenters. The number of phosphoric acid groups is 2. The van der Waals surface area contributed by atoms with Gasteiger partial charge in [0.1, 0.15) is 19.3 Å². The molecule has 0 rings (SSSR count). The van der Waals surface area contributed by atoms with E-state index in [4.69, 9.17) is 37.0 Å². The van der Waals surface area contributed by atoms with Gasteiger partial charge in [0.05, 0.1) is 26.4 Å². The Morgan fingerprint density at radius 1 is 0.280 bits per heavy atom. The van der Waals surface area contributed by atoms with E-state index in [2.05, 4.69) is 41.5 Å². The van der Waals surface area contributed by atoms with Crippen molar-refractivity contribution in [2.45, 2.75) is 445 Å². The van der Waals surface area contributed by atoms with Crippen LogP contribution in [0.5, 0.6) is 0 Å². The lowest BCUT2D eigenvalue weighted by Crippen LogP contribution is -2.30. The monoisotopic (exact) mass is 1470 g/mol. The zero-order valence-electron chi connectivity index (χ0n) is 65.5. The average Bonchev–Trinajstić information content (AvgIpc) is 1.10. The molecule has 0 spiro atoms. The molecule has 0 fully saturated rings. The lowest BCUT2D eigenvalue weighted by molar-refractivity contribution is -0.161. The van der Waals surface area contributed by atoms with E-state index in [1.54, 1.807) is 0 Å². The fourth-order valence-corrected chi connectivity index (χ4v) is 14.1. The molecule has 0 aliphatic heterocycles. The first-order valence-electron chi connectivity index (χ1n) is 42.1. The predicted octanol–water partition coefficient (Wildman–Crippen LogP) is 24.3. The highest BCUT2D eigenvalue weighted by Gasteiger charge is 2.30. The zero-order valence-corrected chi connectivity index (χ0v) is 67.3. The van der Waals surface area contributed by atoms with Crippen molar-refractivity contribution in [1.29, 1.82) is 0 Å². The van der Waals surface area contributed by atoms with E-state index in [1.807, 2.05) is 0 Å². The van der Waals surface area contributed by atoms with Crippen molar-refractivity contribution in [2.24, 2.45) is 11.8 Å². The predicted molar refractivity (Wildman–Crippen MR) is 409 cm³/mol. The summed E-state index contributed by atoms with van der Waals surface area (Å²) < 4.78 is 68.5. The van der Waals surface area contributed by atoms with Gasteiger partial charge in [0.25, 0.3) is 0 Å². The maximum Gasteiger partial charge on any atom is 0.472 e. The third-order valence-corrected chi connectivity index (χ3v) is 21.6. The van der Waals surface area contributed by atoms with Gasteiger partial charge in [0.2, 0.25) is 0 Å². The molecule has 0 bridgehead atoms. The van der Waals surface area contributed by atoms with Crippen LogP contribution in [0.25, 0.3) is 0 Å². The molecule has 594 valence electrons. The van der Waals surface area contributed by atoms with E-state index in [0.717, 1.165) is 108 Å². The summed E-state index contributed by atoms with van der Waals surface area (Å²) in [4.78, 5) is 72.7. The van der Waals surface area contributed by atoms with Crippen LogP contribution in [0.4, 0.5) is 0 Å². The Morgan fingerprint density at radius 3 is 0.710 bits per heavy atom. The lowest BCUT2D eigenvalue weighted by Gasteiger charge is -2.21. The minimum atomic E-state index is -4.96. The molecule has 0 amide bonds. The van der Waals surface area contributed by atoms with Gasteiger partial charge in [-0.05, 0) is 37.5 Å². The summed E-state index contributed by atoms with van der Waals surface area (Å²) in [5.41, 5.74) is 0. The van der Waals surface area contributed by atoms with Gasteiger partial charge < -0.3 is 33.8 Å². The Kier molecular flexibility index (Phi) is 71.2. The number of carbonyl (C=O) groups excluding carboxylic acids is 4. The van der Waals surface area contributed by atoms with Crippen LogP contribution in [-0.2, 0) is 65.4 Å². The number of aliphatic hydroxyl groups is 1. The normalized spacial score (nSPS) is 14.4. The fourth-order valence-electron chi connectivity index (χ4n) is 12.5. The Bertz CT molecular complexity index is 1930. The molecule has 0 aromatic carbocycles. The number of hydrogen-bond acceptors (Lipinski definition) is 15. The van der Waals surface area contributed by atoms with E-state index >= 15 is 0 Å². The van der Waals surface area contributed by atoms with Crippen molar-refractivity contribution in [3.8, 4) is 0 Å². The number of rotatable bonds is 80. The summed E-state index contributed by atoms with van der Waals surface area (Å²) in [6.07, 6.45) is 62.8. The molecule has 0 heterocycles. The molecule has 7 atom stereocenters. The van der Waals surface area contributed by atoms with Gasteiger partial charge in [-0.1, -0.05) is 375 Å². The summed E-state index contributed by atoms with van der Waals surface area (Å²) in [7, 11) is -9.91. The van der Waals surface area contributed by atoms with Crippen molar-refractivity contribution in [3.05, 3.63) is 0 Å². The van der Waals surface area contributed by atoms with Crippen molar-refractivity contribution in [3.63, 3.8) is 0 Å². The Balaban J connectivity index is 5.12. The van der Waals surface area contributed by atoms with Crippen LogP contribution in [0.2, 0.25) is 0 Å². The quantitative estimate of drug-likeness (QED) is 0.0222. The lowest BCUT2D eigenvalue weighted by atomic mass is 9.99. The molecule has 17 nitrogen and oxygen atoms in total. The first-order valence-corrected chi connectivity index (χ1v) is 45.1. The van der Waals surface area contributed by atoms with Gasteiger partial charge in [-0.25, -0.2) is 9.13 Å². The Hall–Kier alpha value is -1.94. The van der Waals surface area contributed by atoms with Crippen LogP contribution in [0.15, 0.2) is 0 Å². The van der Waals surface area contributed by atoms with E-state index in [1.165, 1.54) is 238 Å². The van der Waals surface area contributed by atoms with Gasteiger partial charge in [0.15, 0.2) is 12.2 Å². The number of carbonyl (C=O) groups is 4. The van der Waals surface area contributed by atoms with Crippen molar-refractivity contribution < 1.29 is 80.2 Å². The summed E-state index contributed by atoms with van der Waals surface area (Å²) in [5.74, 6) is -0.423. The molecule has 0 aromatic rings. The highest BCUT2D eigenvalue weighted by Crippen LogP contribution is 2.45. The molecule has 0 aliphatic rings. The molecule has 19 heteroatoms. The second kappa shape index (κ2) is 72.6. The molecular formula is C81H158O17P2. The van der Waals surface area contributed by atoms with Crippen molar-refractivity contribution in [1.82, 2.24) is 0 Å². The van der Waals surface area contributed by atoms with Crippen molar-refractivity contribution in [2.75, 3.05) is 39.6 Å². The van der Waals surface area contributed by atoms with E-state index in [-0.39, 0.29) is 25.7 Å². The minimum Gasteiger partial charge on any atom is -0.462 e. The van der Waals surface area contributed by atoms with E-state index < -0.39 is 97.5 Å². The Labute approximate surface area is 613 Å². The van der Waals surface area contributed by atoms with Gasteiger partial charge >= 0.3 is 39.5 Å². The largest absolute Gasteiger partial charge is 0.472 e. The molecule has 0 radical (unpaired) electrons. The van der Waals surface area contributed by atoms with Crippen LogP contribution < -0.4 is 0 Å². The molecule has 0 saturated carbocycles. The second-order valence-corrected chi connectivity index (χ2v) is 32.6. The number of phosphoric ester groups is 2. The number of hydrogen-bond donors (Lipinski definition) is 3. The summed E-state index contributed by atoms with van der Waals surface area (Å²) in [5, 5.41) is 10.6. The maximum absolute atomic E-state index is 13.1. The van der Waals surface area contributed by atoms with Gasteiger partial charge in [0, 0.05) is 25.7 Å². The maximum atomic E-state index is 13.1. The number of ether oxygens (including phenoxy) is 4. The summed E-state index contributed by atoms with van der Waals surface area (Å²) >= 11 is 0. The summed E-state index contributed by atoms with van der Waals surface area (Å²) in [6, 6.07) is 0. The molecule has 100 heavy (non-hydrogen) atoms. The topological polar surface area (TPSA) is 237 Å². The highest BCUT2D eigenvalue weighted by molar-refractivity contribution is 7.47. The van der Waals surface area contributed by atoms with Crippen LogP contribution in [-0.4, -0.2) is 96.7 Å². The molecule has 0 saturated heterocycles. The van der Waals surface area contributed by atoms with Crippen molar-refractivity contribution >= 4 is 39.5 Å². The first kappa shape index (κ1) is 98.1. The average molecular weight is 1470 g/mol. The standard InChI is InChI=1S/C81H158O17P2/c1-7-11-13-15-16-17-18-19-20-21-22-23-24-32-37-42-47-53-60-66-81(86)98-77(70-92-79(84)64-58-52-46-41-36-31-27-25-29-34-39-44-50-55-61-73(5)9-3)72-96-100(89,90)94-68-75(82)67-93-99(87,88)95-71-76(69-91-78(83)63-57-49-14-12-8-2)97-80(85)65-59-54-48-43-38-33-28-26-30-35-40-45-51-56-62-74(6)10-4/h73-77,82H,7-72H2,1-6H3,(H,87,88)(H,89,90)/t73?,74?,75-,76+,77+/m0/s1. The number of esters is 4. The third-order valence-electron chi connectivity index (χ3n) is 19.7. The van der Waals surface area contributed by atoms with E-state index in [9.17, 15) is 43.2 Å². The molecule has 0 aliphatic carbocycles. The zero-order chi connectivity index (χ0) is 73.5. The first-order chi connectivity index (χ1) is 48.4. The molecule has 3 N–H and O–H groups in total. The second-order valence-electron chi connectivity index (χ2n) is 29.6. The molecule has 0 aromatic heterocycles. The molecular weight excluding hydrogens is 1310 g/mol. The van der Waals surface area contributed by atoms with Crippen LogP contribution in [0.1, 0.15) is 427 Å². The van der Waals surface area contributed by atoms with Crippen LogP contribution in [0, 0.1) is 11.8 Å². The summed E-state index contributed by atoms with van der Waals surface area (Å²) in [6.45, 7) is 9.66. The third kappa shape index (κ3) is 71.7. The van der Waals surface area contributed by atoms with Gasteiger partial charge in [-0.3, -0.25) is 37.3 Å².